The maximum Gasteiger partial charge on any atom is 0.251 e. The van der Waals surface area contributed by atoms with Crippen LogP contribution in [-0.4, -0.2) is 29.7 Å². The molecule has 6 nitrogen and oxygen atoms in total. The van der Waals surface area contributed by atoms with E-state index in [2.05, 4.69) is 35.0 Å². The first-order valence-corrected chi connectivity index (χ1v) is 10.1. The Morgan fingerprint density at radius 3 is 2.48 bits per heavy atom. The third kappa shape index (κ3) is 4.23. The number of para-hydroxylation sites is 2. The summed E-state index contributed by atoms with van der Waals surface area (Å²) < 4.78 is 12.7. The zero-order chi connectivity index (χ0) is 21.8. The second-order valence-corrected chi connectivity index (χ2v) is 7.28. The van der Waals surface area contributed by atoms with Crippen molar-refractivity contribution in [2.45, 2.75) is 20.0 Å². The molecule has 0 fully saturated rings. The number of benzene rings is 3. The number of imidazole rings is 1. The van der Waals surface area contributed by atoms with Crippen molar-refractivity contribution in [3.8, 4) is 11.5 Å². The highest BCUT2D eigenvalue weighted by Crippen LogP contribution is 2.27. The van der Waals surface area contributed by atoms with Crippen molar-refractivity contribution in [2.24, 2.45) is 0 Å². The second kappa shape index (κ2) is 8.92. The molecule has 1 heterocycles. The van der Waals surface area contributed by atoms with Gasteiger partial charge in [0.25, 0.3) is 5.91 Å². The molecular formula is C25H25N3O3. The van der Waals surface area contributed by atoms with Gasteiger partial charge in [-0.15, -0.1) is 0 Å². The molecule has 158 valence electrons. The number of carbonyl (C=O) groups is 1. The van der Waals surface area contributed by atoms with Crippen molar-refractivity contribution >= 4 is 16.9 Å². The van der Waals surface area contributed by atoms with E-state index in [0.717, 1.165) is 16.9 Å². The van der Waals surface area contributed by atoms with Crippen molar-refractivity contribution < 1.29 is 14.3 Å². The number of carbonyl (C=O) groups excluding carboxylic acids is 1. The molecule has 0 spiro atoms. The molecule has 0 unspecified atom stereocenters. The Bertz CT molecular complexity index is 1230. The molecule has 1 amide bonds. The van der Waals surface area contributed by atoms with E-state index in [4.69, 9.17) is 14.5 Å². The van der Waals surface area contributed by atoms with Gasteiger partial charge >= 0.3 is 0 Å². The maximum absolute atomic E-state index is 12.8. The van der Waals surface area contributed by atoms with Crippen molar-refractivity contribution in [3.63, 3.8) is 0 Å². The zero-order valence-electron chi connectivity index (χ0n) is 17.9. The number of methoxy groups -OCH3 is 2. The molecule has 0 radical (unpaired) electrons. The first kappa shape index (κ1) is 20.5. The first-order chi connectivity index (χ1) is 15.1. The molecule has 0 aliphatic carbocycles. The van der Waals surface area contributed by atoms with Gasteiger partial charge in [-0.05, 0) is 48.4 Å². The Hall–Kier alpha value is -3.80. The molecule has 1 N–H and O–H groups in total. The highest BCUT2D eigenvalue weighted by atomic mass is 16.5. The minimum atomic E-state index is -0.199. The van der Waals surface area contributed by atoms with Crippen LogP contribution in [0.25, 0.3) is 11.0 Å². The topological polar surface area (TPSA) is 65.4 Å². The maximum atomic E-state index is 12.8. The van der Waals surface area contributed by atoms with Gasteiger partial charge in [-0.1, -0.05) is 36.4 Å². The average molecular weight is 415 g/mol. The van der Waals surface area contributed by atoms with Crippen molar-refractivity contribution in [2.75, 3.05) is 14.2 Å². The minimum Gasteiger partial charge on any atom is -0.493 e. The lowest BCUT2D eigenvalue weighted by molar-refractivity contribution is 0.0949. The molecule has 6 heteroatoms. The fourth-order valence-electron chi connectivity index (χ4n) is 3.63. The number of amides is 1. The number of ether oxygens (including phenoxy) is 2. The summed E-state index contributed by atoms with van der Waals surface area (Å²) in [7, 11) is 3.12. The lowest BCUT2D eigenvalue weighted by Gasteiger charge is -2.13. The van der Waals surface area contributed by atoms with Gasteiger partial charge in [0.05, 0.1) is 31.8 Å². The van der Waals surface area contributed by atoms with E-state index < -0.39 is 0 Å². The monoisotopic (exact) mass is 415 g/mol. The Labute approximate surface area is 181 Å². The molecule has 0 aliphatic heterocycles. The van der Waals surface area contributed by atoms with Gasteiger partial charge in [0.2, 0.25) is 0 Å². The largest absolute Gasteiger partial charge is 0.493 e. The lowest BCUT2D eigenvalue weighted by Crippen LogP contribution is -2.25. The van der Waals surface area contributed by atoms with Gasteiger partial charge in [0, 0.05) is 12.1 Å². The van der Waals surface area contributed by atoms with Crippen molar-refractivity contribution in [1.82, 2.24) is 14.9 Å². The van der Waals surface area contributed by atoms with Crippen LogP contribution >= 0.6 is 0 Å². The van der Waals surface area contributed by atoms with Gasteiger partial charge in [-0.3, -0.25) is 4.79 Å². The zero-order valence-corrected chi connectivity index (χ0v) is 17.9. The molecule has 31 heavy (non-hydrogen) atoms. The molecule has 0 saturated carbocycles. The van der Waals surface area contributed by atoms with Crippen molar-refractivity contribution in [1.29, 1.82) is 0 Å². The third-order valence-electron chi connectivity index (χ3n) is 5.38. The molecule has 4 aromatic rings. The summed E-state index contributed by atoms with van der Waals surface area (Å²) in [5.41, 5.74) is 4.89. The van der Waals surface area contributed by atoms with Crippen LogP contribution in [0.3, 0.4) is 0 Å². The van der Waals surface area contributed by atoms with E-state index in [9.17, 15) is 4.79 Å². The van der Waals surface area contributed by atoms with E-state index in [1.165, 1.54) is 11.1 Å². The number of hydrogen-bond acceptors (Lipinski definition) is 4. The standard InChI is InChI=1S/C25H25N3O3/c1-17-8-4-5-9-19(17)16-28-21-11-7-6-10-20(21)27-24(28)15-26-25(29)18-12-13-22(30-2)23(14-18)31-3/h4-14H,15-16H2,1-3H3,(H,26,29). The lowest BCUT2D eigenvalue weighted by atomic mass is 10.1. The summed E-state index contributed by atoms with van der Waals surface area (Å²) in [5.74, 6) is 1.70. The summed E-state index contributed by atoms with van der Waals surface area (Å²) in [6.07, 6.45) is 0. The molecule has 0 bridgehead atoms. The van der Waals surface area contributed by atoms with E-state index in [-0.39, 0.29) is 5.91 Å². The quantitative estimate of drug-likeness (QED) is 0.488. The predicted molar refractivity (Wildman–Crippen MR) is 121 cm³/mol. The Morgan fingerprint density at radius 1 is 0.968 bits per heavy atom. The second-order valence-electron chi connectivity index (χ2n) is 7.28. The number of rotatable bonds is 7. The third-order valence-corrected chi connectivity index (χ3v) is 5.38. The number of nitrogens with one attached hydrogen (secondary N) is 1. The Morgan fingerprint density at radius 2 is 1.71 bits per heavy atom. The van der Waals surface area contributed by atoms with Gasteiger partial charge in [0.1, 0.15) is 5.82 Å². The van der Waals surface area contributed by atoms with E-state index in [0.29, 0.717) is 30.2 Å². The molecule has 0 aliphatic rings. The van der Waals surface area contributed by atoms with Crippen LogP contribution in [0.2, 0.25) is 0 Å². The fourth-order valence-corrected chi connectivity index (χ4v) is 3.63. The van der Waals surface area contributed by atoms with Crippen LogP contribution in [0.4, 0.5) is 0 Å². The minimum absolute atomic E-state index is 0.199. The van der Waals surface area contributed by atoms with Crippen molar-refractivity contribution in [3.05, 3.63) is 89.2 Å². The van der Waals surface area contributed by atoms with E-state index in [1.54, 1.807) is 32.4 Å². The normalized spacial score (nSPS) is 10.8. The molecule has 4 rings (SSSR count). The number of hydrogen-bond donors (Lipinski definition) is 1. The highest BCUT2D eigenvalue weighted by Gasteiger charge is 2.15. The molecule has 0 saturated heterocycles. The van der Waals surface area contributed by atoms with E-state index >= 15 is 0 Å². The molecule has 1 aromatic heterocycles. The van der Waals surface area contributed by atoms with Crippen LogP contribution in [0.5, 0.6) is 11.5 Å². The van der Waals surface area contributed by atoms with Crippen LogP contribution in [0, 0.1) is 6.92 Å². The van der Waals surface area contributed by atoms with Gasteiger partial charge in [0.15, 0.2) is 11.5 Å². The van der Waals surface area contributed by atoms with Crippen LogP contribution in [0.1, 0.15) is 27.3 Å². The molecule has 0 atom stereocenters. The average Bonchev–Trinajstić information content (AvgIpc) is 3.15. The summed E-state index contributed by atoms with van der Waals surface area (Å²) in [6.45, 7) is 3.11. The highest BCUT2D eigenvalue weighted by molar-refractivity contribution is 5.94. The van der Waals surface area contributed by atoms with Gasteiger partial charge in [-0.2, -0.15) is 0 Å². The Kier molecular flexibility index (Phi) is 5.89. The fraction of sp³-hybridized carbons (Fsp3) is 0.200. The summed E-state index contributed by atoms with van der Waals surface area (Å²) in [4.78, 5) is 17.5. The van der Waals surface area contributed by atoms with E-state index in [1.807, 2.05) is 30.3 Å². The molecule has 3 aromatic carbocycles. The summed E-state index contributed by atoms with van der Waals surface area (Å²) in [6, 6.07) is 21.4. The number of nitrogens with zero attached hydrogens (tertiary/aromatic N) is 2. The molecular weight excluding hydrogens is 390 g/mol. The number of fused-ring (bicyclic) bond motifs is 1. The van der Waals surface area contributed by atoms with Crippen LogP contribution in [0.15, 0.2) is 66.7 Å². The van der Waals surface area contributed by atoms with Crippen LogP contribution in [-0.2, 0) is 13.1 Å². The number of aryl methyl sites for hydroxylation is 1. The SMILES string of the molecule is COc1ccc(C(=O)NCc2nc3ccccc3n2Cc2ccccc2C)cc1OC. The first-order valence-electron chi connectivity index (χ1n) is 10.1. The van der Waals surface area contributed by atoms with Crippen LogP contribution < -0.4 is 14.8 Å². The summed E-state index contributed by atoms with van der Waals surface area (Å²) >= 11 is 0. The predicted octanol–water partition coefficient (Wildman–Crippen LogP) is 4.34. The van der Waals surface area contributed by atoms with Gasteiger partial charge < -0.3 is 19.4 Å². The Balaban J connectivity index is 1.60. The smallest absolute Gasteiger partial charge is 0.251 e. The van der Waals surface area contributed by atoms with Gasteiger partial charge in [-0.25, -0.2) is 4.98 Å². The number of aromatic nitrogens is 2. The summed E-state index contributed by atoms with van der Waals surface area (Å²) in [5, 5.41) is 2.99.